The van der Waals surface area contributed by atoms with Gasteiger partial charge in [-0.05, 0) is 54.5 Å². The molecule has 0 spiro atoms. The quantitative estimate of drug-likeness (QED) is 0.403. The number of halogens is 1. The lowest BCUT2D eigenvalue weighted by Gasteiger charge is -2.12. The van der Waals surface area contributed by atoms with Crippen molar-refractivity contribution >= 4 is 52.3 Å². The highest BCUT2D eigenvalue weighted by Gasteiger charge is 2.10. The number of thiocarbonyl (C=S) groups is 1. The Morgan fingerprint density at radius 3 is 2.30 bits per heavy atom. The van der Waals surface area contributed by atoms with Gasteiger partial charge in [-0.3, -0.25) is 25.2 Å². The van der Waals surface area contributed by atoms with Crippen LogP contribution in [0, 0.1) is 5.92 Å². The first kappa shape index (κ1) is 23.3. The van der Waals surface area contributed by atoms with Crippen molar-refractivity contribution in [2.45, 2.75) is 26.7 Å². The first-order valence-corrected chi connectivity index (χ1v) is 10.1. The summed E-state index contributed by atoms with van der Waals surface area (Å²) in [5.74, 6) is -0.987. The minimum Gasteiger partial charge on any atom is -0.326 e. The number of hydrazine groups is 1. The highest BCUT2D eigenvalue weighted by molar-refractivity contribution is 7.80. The van der Waals surface area contributed by atoms with Gasteiger partial charge in [0.25, 0.3) is 5.91 Å². The topological polar surface area (TPSA) is 99.3 Å². The van der Waals surface area contributed by atoms with Crippen LogP contribution in [0.4, 0.5) is 5.69 Å². The maximum absolute atomic E-state index is 12.2. The molecule has 158 valence electrons. The molecule has 0 bridgehead atoms. The summed E-state index contributed by atoms with van der Waals surface area (Å²) in [6.45, 7) is 3.59. The molecular weight excluding hydrogens is 424 g/mol. The molecule has 0 heterocycles. The third kappa shape index (κ3) is 7.46. The minimum atomic E-state index is -0.440. The number of carbonyl (C=O) groups excluding carboxylic acids is 3. The summed E-state index contributed by atoms with van der Waals surface area (Å²) in [7, 11) is 0. The molecular formula is C21H23ClN4O3S. The molecule has 0 aliphatic heterocycles. The Bertz CT molecular complexity index is 932. The molecule has 0 aliphatic carbocycles. The van der Waals surface area contributed by atoms with E-state index in [0.717, 1.165) is 5.56 Å². The molecule has 2 aromatic rings. The Hall–Kier alpha value is -2.97. The van der Waals surface area contributed by atoms with E-state index in [1.165, 1.54) is 0 Å². The molecule has 0 fully saturated rings. The second kappa shape index (κ2) is 11.3. The van der Waals surface area contributed by atoms with Crippen molar-refractivity contribution in [2.24, 2.45) is 5.92 Å². The van der Waals surface area contributed by atoms with Crippen LogP contribution in [0.1, 0.15) is 36.2 Å². The molecule has 0 saturated heterocycles. The van der Waals surface area contributed by atoms with Crippen LogP contribution in [-0.2, 0) is 16.0 Å². The average Bonchev–Trinajstić information content (AvgIpc) is 2.72. The Kier molecular flexibility index (Phi) is 8.76. The SMILES string of the molecule is CC(C)C(=O)Nc1ccc(C(=O)NNC(=S)NC(=O)CCc2ccccc2Cl)cc1. The third-order valence-corrected chi connectivity index (χ3v) is 4.63. The van der Waals surface area contributed by atoms with Crippen LogP contribution in [0.3, 0.4) is 0 Å². The number of nitrogens with one attached hydrogen (secondary N) is 4. The molecule has 30 heavy (non-hydrogen) atoms. The average molecular weight is 447 g/mol. The second-order valence-corrected chi connectivity index (χ2v) is 7.58. The fraction of sp³-hybridized carbons (Fsp3) is 0.238. The van der Waals surface area contributed by atoms with Crippen LogP contribution in [0.25, 0.3) is 0 Å². The largest absolute Gasteiger partial charge is 0.326 e. The van der Waals surface area contributed by atoms with Gasteiger partial charge in [0.2, 0.25) is 11.8 Å². The smallest absolute Gasteiger partial charge is 0.269 e. The second-order valence-electron chi connectivity index (χ2n) is 6.77. The molecule has 2 rings (SSSR count). The van der Waals surface area contributed by atoms with Crippen molar-refractivity contribution in [3.63, 3.8) is 0 Å². The maximum atomic E-state index is 12.2. The molecule has 2 aromatic carbocycles. The van der Waals surface area contributed by atoms with Gasteiger partial charge < -0.3 is 10.6 Å². The zero-order chi connectivity index (χ0) is 22.1. The first-order valence-electron chi connectivity index (χ1n) is 9.30. The van der Waals surface area contributed by atoms with Gasteiger partial charge in [0.05, 0.1) is 0 Å². The zero-order valence-corrected chi connectivity index (χ0v) is 18.2. The van der Waals surface area contributed by atoms with Gasteiger partial charge in [0.15, 0.2) is 5.11 Å². The molecule has 0 saturated carbocycles. The summed E-state index contributed by atoms with van der Waals surface area (Å²) < 4.78 is 0. The standard InChI is InChI=1S/C21H23ClN4O3S/c1-13(2)19(28)23-16-10-7-15(8-11-16)20(29)25-26-21(30)24-18(27)12-9-14-5-3-4-6-17(14)22/h3-8,10-11,13H,9,12H2,1-2H3,(H,23,28)(H,25,29)(H2,24,26,27,30). The highest BCUT2D eigenvalue weighted by atomic mass is 35.5. The van der Waals surface area contributed by atoms with Crippen LogP contribution in [0.5, 0.6) is 0 Å². The fourth-order valence-corrected chi connectivity index (χ4v) is 2.74. The third-order valence-electron chi connectivity index (χ3n) is 4.06. The highest BCUT2D eigenvalue weighted by Crippen LogP contribution is 2.16. The molecule has 4 N–H and O–H groups in total. The Morgan fingerprint density at radius 1 is 1.00 bits per heavy atom. The van der Waals surface area contributed by atoms with E-state index >= 15 is 0 Å². The molecule has 0 atom stereocenters. The molecule has 7 nitrogen and oxygen atoms in total. The van der Waals surface area contributed by atoms with E-state index in [9.17, 15) is 14.4 Å². The van der Waals surface area contributed by atoms with Crippen LogP contribution >= 0.6 is 23.8 Å². The predicted molar refractivity (Wildman–Crippen MR) is 121 cm³/mol. The van der Waals surface area contributed by atoms with Crippen LogP contribution in [0.2, 0.25) is 5.02 Å². The van der Waals surface area contributed by atoms with Gasteiger partial charge in [-0.2, -0.15) is 0 Å². The van der Waals surface area contributed by atoms with Gasteiger partial charge >= 0.3 is 0 Å². The van der Waals surface area contributed by atoms with E-state index in [1.54, 1.807) is 44.2 Å². The Labute approximate surface area is 185 Å². The zero-order valence-electron chi connectivity index (χ0n) is 16.6. The van der Waals surface area contributed by atoms with Crippen LogP contribution in [0.15, 0.2) is 48.5 Å². The van der Waals surface area contributed by atoms with Crippen molar-refractivity contribution in [1.29, 1.82) is 0 Å². The number of aryl methyl sites for hydroxylation is 1. The molecule has 3 amide bonds. The van der Waals surface area contributed by atoms with E-state index < -0.39 is 5.91 Å². The van der Waals surface area contributed by atoms with E-state index in [2.05, 4.69) is 21.5 Å². The maximum Gasteiger partial charge on any atom is 0.269 e. The van der Waals surface area contributed by atoms with Crippen LogP contribution < -0.4 is 21.5 Å². The van der Waals surface area contributed by atoms with E-state index in [0.29, 0.717) is 22.7 Å². The number of rotatable bonds is 6. The summed E-state index contributed by atoms with van der Waals surface area (Å²) >= 11 is 11.1. The van der Waals surface area contributed by atoms with E-state index in [4.69, 9.17) is 23.8 Å². The van der Waals surface area contributed by atoms with Crippen molar-refractivity contribution in [3.05, 3.63) is 64.7 Å². The molecule has 0 unspecified atom stereocenters. The number of hydrogen-bond donors (Lipinski definition) is 4. The van der Waals surface area contributed by atoms with Gasteiger partial charge in [0.1, 0.15) is 0 Å². The number of carbonyl (C=O) groups is 3. The summed E-state index contributed by atoms with van der Waals surface area (Å²) in [6, 6.07) is 13.7. The summed E-state index contributed by atoms with van der Waals surface area (Å²) in [5.41, 5.74) is 6.73. The van der Waals surface area contributed by atoms with Gasteiger partial charge in [-0.1, -0.05) is 43.6 Å². The number of amides is 3. The minimum absolute atomic E-state index is 0.0201. The van der Waals surface area contributed by atoms with Gasteiger partial charge in [-0.15, -0.1) is 0 Å². The molecule has 0 aliphatic rings. The molecule has 0 aromatic heterocycles. The predicted octanol–water partition coefficient (Wildman–Crippen LogP) is 3.20. The van der Waals surface area contributed by atoms with Crippen molar-refractivity contribution in [1.82, 2.24) is 16.2 Å². The lowest BCUT2D eigenvalue weighted by atomic mass is 10.1. The summed E-state index contributed by atoms with van der Waals surface area (Å²) in [4.78, 5) is 35.9. The molecule has 9 heteroatoms. The van der Waals surface area contributed by atoms with Crippen LogP contribution in [-0.4, -0.2) is 22.8 Å². The monoisotopic (exact) mass is 446 g/mol. The fourth-order valence-electron chi connectivity index (χ4n) is 2.35. The van der Waals surface area contributed by atoms with Crippen molar-refractivity contribution in [2.75, 3.05) is 5.32 Å². The van der Waals surface area contributed by atoms with Crippen molar-refractivity contribution in [3.8, 4) is 0 Å². The normalized spacial score (nSPS) is 10.3. The van der Waals surface area contributed by atoms with Gasteiger partial charge in [-0.25, -0.2) is 0 Å². The number of benzene rings is 2. The summed E-state index contributed by atoms with van der Waals surface area (Å²) in [5, 5.41) is 5.82. The summed E-state index contributed by atoms with van der Waals surface area (Å²) in [6.07, 6.45) is 0.670. The van der Waals surface area contributed by atoms with E-state index in [1.807, 2.05) is 18.2 Å². The Morgan fingerprint density at radius 2 is 1.67 bits per heavy atom. The first-order chi connectivity index (χ1) is 14.3. The Balaban J connectivity index is 1.75. The lowest BCUT2D eigenvalue weighted by Crippen LogP contribution is -2.48. The van der Waals surface area contributed by atoms with Gasteiger partial charge in [0, 0.05) is 28.6 Å². The number of anilines is 1. The number of hydrogen-bond acceptors (Lipinski definition) is 4. The lowest BCUT2D eigenvalue weighted by molar-refractivity contribution is -0.120. The van der Waals surface area contributed by atoms with Crippen molar-refractivity contribution < 1.29 is 14.4 Å². The van der Waals surface area contributed by atoms with E-state index in [-0.39, 0.29) is 29.3 Å². The molecule has 0 radical (unpaired) electrons.